The molecule has 0 spiro atoms. The summed E-state index contributed by atoms with van der Waals surface area (Å²) in [5.74, 6) is -0.176. The first kappa shape index (κ1) is 28.0. The molecule has 1 saturated heterocycles. The Hall–Kier alpha value is -3.56. The summed E-state index contributed by atoms with van der Waals surface area (Å²) in [6.07, 6.45) is 1.92. The molecule has 1 aliphatic rings. The van der Waals surface area contributed by atoms with Crippen molar-refractivity contribution in [2.75, 3.05) is 13.1 Å². The Kier molecular flexibility index (Phi) is 7.31. The van der Waals surface area contributed by atoms with Crippen molar-refractivity contribution in [3.63, 3.8) is 0 Å². The summed E-state index contributed by atoms with van der Waals surface area (Å²) in [5.41, 5.74) is 9.10. The van der Waals surface area contributed by atoms with E-state index < -0.39 is 18.1 Å². The number of hydrogen-bond acceptors (Lipinski definition) is 5. The van der Waals surface area contributed by atoms with Crippen LogP contribution in [0.3, 0.4) is 0 Å². The van der Waals surface area contributed by atoms with Crippen LogP contribution < -0.4 is 10.5 Å². The van der Waals surface area contributed by atoms with E-state index in [1.165, 1.54) is 16.2 Å². The Morgan fingerprint density at radius 2 is 1.85 bits per heavy atom. The van der Waals surface area contributed by atoms with Crippen LogP contribution in [0, 0.1) is 5.41 Å². The topological polar surface area (TPSA) is 111 Å². The number of hydrogen-bond donors (Lipinski definition) is 2. The zero-order valence-electron chi connectivity index (χ0n) is 23.0. The Morgan fingerprint density at radius 1 is 1.15 bits per heavy atom. The van der Waals surface area contributed by atoms with Gasteiger partial charge in [-0.1, -0.05) is 56.6 Å². The molecule has 0 saturated carbocycles. The van der Waals surface area contributed by atoms with E-state index in [2.05, 4.69) is 37.9 Å². The first-order valence-corrected chi connectivity index (χ1v) is 14.4. The monoisotopic (exact) mass is 580 g/mol. The van der Waals surface area contributed by atoms with Crippen LogP contribution in [0.1, 0.15) is 67.4 Å². The molecule has 0 bridgehead atoms. The lowest BCUT2D eigenvalue weighted by atomic mass is 9.58. The number of imidazole rings is 1. The minimum Gasteiger partial charge on any atom is -0.484 e. The molecule has 1 aliphatic heterocycles. The number of amides is 2. The smallest absolute Gasteiger partial charge is 0.407 e. The minimum atomic E-state index is -0.874. The van der Waals surface area contributed by atoms with Gasteiger partial charge in [-0.15, -0.1) is 11.3 Å². The molecule has 1 atom stereocenters. The number of aromatic nitrogens is 2. The van der Waals surface area contributed by atoms with Crippen molar-refractivity contribution in [1.29, 1.82) is 0 Å². The van der Waals surface area contributed by atoms with Gasteiger partial charge in [0, 0.05) is 35.2 Å². The van der Waals surface area contributed by atoms with Gasteiger partial charge in [-0.05, 0) is 48.9 Å². The molecule has 2 aromatic heterocycles. The number of primary amides is 1. The zero-order chi connectivity index (χ0) is 28.8. The molecule has 2 aromatic carbocycles. The predicted molar refractivity (Wildman–Crippen MR) is 158 cm³/mol. The third-order valence-corrected chi connectivity index (χ3v) is 9.69. The fraction of sp³-hybridized carbons (Fsp3) is 0.367. The number of carboxylic acid groups (broad SMARTS) is 1. The number of carbonyl (C=O) groups excluding carboxylic acids is 1. The second-order valence-corrected chi connectivity index (χ2v) is 12.8. The van der Waals surface area contributed by atoms with Gasteiger partial charge in [0.25, 0.3) is 5.91 Å². The lowest BCUT2D eigenvalue weighted by molar-refractivity contribution is 0.0696. The molecule has 8 nitrogen and oxygen atoms in total. The van der Waals surface area contributed by atoms with Crippen LogP contribution >= 0.6 is 22.9 Å². The van der Waals surface area contributed by atoms with E-state index in [0.29, 0.717) is 28.7 Å². The molecule has 0 unspecified atom stereocenters. The summed E-state index contributed by atoms with van der Waals surface area (Å²) in [7, 11) is 0. The molecule has 210 valence electrons. The fourth-order valence-corrected chi connectivity index (χ4v) is 7.05. The first-order chi connectivity index (χ1) is 18.9. The van der Waals surface area contributed by atoms with Crippen molar-refractivity contribution in [1.82, 2.24) is 14.5 Å². The highest BCUT2D eigenvalue weighted by Gasteiger charge is 2.46. The maximum absolute atomic E-state index is 12.4. The van der Waals surface area contributed by atoms with Gasteiger partial charge in [-0.25, -0.2) is 9.78 Å². The van der Waals surface area contributed by atoms with Gasteiger partial charge < -0.3 is 20.5 Å². The number of piperidine rings is 1. The van der Waals surface area contributed by atoms with Crippen molar-refractivity contribution >= 4 is 46.0 Å². The third-order valence-electron chi connectivity index (χ3n) is 8.22. The summed E-state index contributed by atoms with van der Waals surface area (Å²) in [6, 6.07) is 15.5. The number of halogens is 1. The molecular formula is C30H33ClN4O4S. The Labute approximate surface area is 242 Å². The van der Waals surface area contributed by atoms with E-state index in [9.17, 15) is 14.7 Å². The summed E-state index contributed by atoms with van der Waals surface area (Å²) >= 11 is 7.62. The summed E-state index contributed by atoms with van der Waals surface area (Å²) in [5, 5.41) is 10.9. The van der Waals surface area contributed by atoms with E-state index in [1.54, 1.807) is 12.4 Å². The number of fused-ring (bicyclic) bond motifs is 1. The van der Waals surface area contributed by atoms with Gasteiger partial charge in [-0.2, -0.15) is 0 Å². The van der Waals surface area contributed by atoms with Gasteiger partial charge in [0.2, 0.25) is 0 Å². The number of thiophene rings is 1. The van der Waals surface area contributed by atoms with E-state index in [1.807, 2.05) is 41.8 Å². The van der Waals surface area contributed by atoms with Crippen molar-refractivity contribution in [2.24, 2.45) is 11.1 Å². The Morgan fingerprint density at radius 3 is 2.48 bits per heavy atom. The average Bonchev–Trinajstić information content (AvgIpc) is 3.52. The summed E-state index contributed by atoms with van der Waals surface area (Å²) in [4.78, 5) is 30.4. The van der Waals surface area contributed by atoms with Gasteiger partial charge in [0.15, 0.2) is 0 Å². The highest BCUT2D eigenvalue weighted by atomic mass is 35.5. The van der Waals surface area contributed by atoms with E-state index in [0.717, 1.165) is 40.0 Å². The lowest BCUT2D eigenvalue weighted by Gasteiger charge is -2.50. The van der Waals surface area contributed by atoms with Gasteiger partial charge >= 0.3 is 6.09 Å². The zero-order valence-corrected chi connectivity index (χ0v) is 24.6. The Bertz CT molecular complexity index is 1580. The van der Waals surface area contributed by atoms with Crippen LogP contribution in [0.4, 0.5) is 4.79 Å². The van der Waals surface area contributed by atoms with Crippen LogP contribution in [-0.4, -0.2) is 44.6 Å². The molecule has 40 heavy (non-hydrogen) atoms. The van der Waals surface area contributed by atoms with Crippen molar-refractivity contribution in [3.05, 3.63) is 75.9 Å². The Balaban J connectivity index is 1.54. The van der Waals surface area contributed by atoms with E-state index in [4.69, 9.17) is 22.1 Å². The number of carbonyl (C=O) groups is 2. The highest BCUT2D eigenvalue weighted by molar-refractivity contribution is 7.16. The quantitative estimate of drug-likeness (QED) is 0.254. The highest BCUT2D eigenvalue weighted by Crippen LogP contribution is 2.49. The standard InChI is InChI=1S/C30H33ClN4O4S/c1-18(20-7-5-6-8-21(20)31)39-24-16-25(40-26(24)27(32)36)35-17-33-22-10-9-19(15-23(22)35)30(29(2,3)4)11-13-34(14-12-30)28(37)38/h5-10,15-18H,11-14H2,1-4H3,(H2,32,36)(H,37,38)/t18-/m1/s1. The number of nitrogens with two attached hydrogens (primary N) is 1. The molecule has 2 amide bonds. The second kappa shape index (κ2) is 10.4. The average molecular weight is 581 g/mol. The molecule has 0 aliphatic carbocycles. The fourth-order valence-electron chi connectivity index (χ4n) is 5.83. The van der Waals surface area contributed by atoms with Crippen molar-refractivity contribution in [3.8, 4) is 10.8 Å². The van der Waals surface area contributed by atoms with E-state index >= 15 is 0 Å². The van der Waals surface area contributed by atoms with Crippen LogP contribution in [-0.2, 0) is 5.41 Å². The summed E-state index contributed by atoms with van der Waals surface area (Å²) < 4.78 is 8.16. The minimum absolute atomic E-state index is 0.103. The molecule has 5 rings (SSSR count). The third kappa shape index (κ3) is 4.92. The molecule has 3 N–H and O–H groups in total. The van der Waals surface area contributed by atoms with Gasteiger partial charge in [0.05, 0.1) is 11.0 Å². The van der Waals surface area contributed by atoms with Gasteiger partial charge in [-0.3, -0.25) is 9.36 Å². The lowest BCUT2D eigenvalue weighted by Crippen LogP contribution is -2.50. The van der Waals surface area contributed by atoms with Crippen LogP contribution in [0.25, 0.3) is 16.0 Å². The molecule has 1 fully saturated rings. The number of nitrogens with zero attached hydrogens (tertiary/aromatic N) is 3. The number of ether oxygens (including phenoxy) is 1. The van der Waals surface area contributed by atoms with Crippen LogP contribution in [0.15, 0.2) is 54.9 Å². The SMILES string of the molecule is C[C@@H](Oc1cc(-n2cnc3ccc(C4(C(C)(C)C)CCN(C(=O)O)CC4)cc32)sc1C(N)=O)c1ccccc1Cl. The number of likely N-dealkylation sites (tertiary alicyclic amines) is 1. The maximum atomic E-state index is 12.4. The van der Waals surface area contributed by atoms with E-state index in [-0.39, 0.29) is 10.8 Å². The van der Waals surface area contributed by atoms with Crippen LogP contribution in [0.2, 0.25) is 5.02 Å². The van der Waals surface area contributed by atoms with Gasteiger partial charge in [0.1, 0.15) is 28.1 Å². The predicted octanol–water partition coefficient (Wildman–Crippen LogP) is 7.04. The normalized spacial score (nSPS) is 16.2. The first-order valence-electron chi connectivity index (χ1n) is 13.2. The molecule has 3 heterocycles. The second-order valence-electron chi connectivity index (χ2n) is 11.3. The summed E-state index contributed by atoms with van der Waals surface area (Å²) in [6.45, 7) is 9.50. The molecular weight excluding hydrogens is 548 g/mol. The molecule has 4 aromatic rings. The molecule has 10 heteroatoms. The van der Waals surface area contributed by atoms with Crippen molar-refractivity contribution in [2.45, 2.75) is 52.1 Å². The van der Waals surface area contributed by atoms with Crippen molar-refractivity contribution < 1.29 is 19.4 Å². The van der Waals surface area contributed by atoms with Crippen LogP contribution in [0.5, 0.6) is 5.75 Å². The molecule has 0 radical (unpaired) electrons. The maximum Gasteiger partial charge on any atom is 0.407 e. The largest absolute Gasteiger partial charge is 0.484 e. The number of benzene rings is 2. The number of rotatable bonds is 6.